The predicted octanol–water partition coefficient (Wildman–Crippen LogP) is 0.123. The van der Waals surface area contributed by atoms with E-state index in [2.05, 4.69) is 10.9 Å². The molecule has 0 atom stereocenters. The van der Waals surface area contributed by atoms with Crippen LogP contribution in [0.25, 0.3) is 0 Å². The smallest absolute Gasteiger partial charge is 0.276 e. The molecule has 4 N–H and O–H groups in total. The Morgan fingerprint density at radius 1 is 1.35 bits per heavy atom. The second-order valence-electron chi connectivity index (χ2n) is 3.54. The molecule has 0 bridgehead atoms. The van der Waals surface area contributed by atoms with Gasteiger partial charge in [0.2, 0.25) is 5.91 Å². The maximum absolute atomic E-state index is 11.2. The van der Waals surface area contributed by atoms with Gasteiger partial charge in [0.25, 0.3) is 5.91 Å². The van der Waals surface area contributed by atoms with Crippen LogP contribution in [-0.2, 0) is 9.59 Å². The monoisotopic (exact) mass is 237 g/mol. The average molecular weight is 237 g/mol. The van der Waals surface area contributed by atoms with Gasteiger partial charge >= 0.3 is 0 Å². The van der Waals surface area contributed by atoms with Crippen LogP contribution < -0.4 is 21.3 Å². The molecule has 0 spiro atoms. The van der Waals surface area contributed by atoms with Gasteiger partial charge in [-0.2, -0.15) is 0 Å². The van der Waals surface area contributed by atoms with Gasteiger partial charge in [0.15, 0.2) is 6.61 Å². The third kappa shape index (κ3) is 4.42. The lowest BCUT2D eigenvalue weighted by molar-refractivity contribution is -0.129. The molecule has 1 rings (SSSR count). The number of amides is 2. The number of hydrogen-bond acceptors (Lipinski definition) is 4. The van der Waals surface area contributed by atoms with Crippen LogP contribution in [0.3, 0.4) is 0 Å². The molecule has 1 aromatic rings. The minimum Gasteiger partial charge on any atom is -0.483 e. The molecule has 0 aliphatic heterocycles. The summed E-state index contributed by atoms with van der Waals surface area (Å²) in [5.41, 5.74) is 11.4. The van der Waals surface area contributed by atoms with Crippen molar-refractivity contribution < 1.29 is 14.3 Å². The molecule has 17 heavy (non-hydrogen) atoms. The highest BCUT2D eigenvalue weighted by atomic mass is 16.5. The van der Waals surface area contributed by atoms with E-state index < -0.39 is 5.91 Å². The van der Waals surface area contributed by atoms with Crippen LogP contribution in [0.4, 0.5) is 5.69 Å². The SMILES string of the molecule is CC(=O)NNC(=O)COc1ccc(N)cc1C. The summed E-state index contributed by atoms with van der Waals surface area (Å²) in [7, 11) is 0. The minimum atomic E-state index is -0.434. The van der Waals surface area contributed by atoms with E-state index in [1.807, 2.05) is 6.92 Å². The Balaban J connectivity index is 2.44. The van der Waals surface area contributed by atoms with E-state index in [1.54, 1.807) is 18.2 Å². The molecule has 0 saturated carbocycles. The maximum Gasteiger partial charge on any atom is 0.276 e. The number of benzene rings is 1. The maximum atomic E-state index is 11.2. The van der Waals surface area contributed by atoms with Crippen molar-refractivity contribution in [2.75, 3.05) is 12.3 Å². The van der Waals surface area contributed by atoms with Gasteiger partial charge < -0.3 is 10.5 Å². The van der Waals surface area contributed by atoms with E-state index in [9.17, 15) is 9.59 Å². The van der Waals surface area contributed by atoms with Crippen molar-refractivity contribution >= 4 is 17.5 Å². The van der Waals surface area contributed by atoms with Crippen molar-refractivity contribution in [3.05, 3.63) is 23.8 Å². The fraction of sp³-hybridized carbons (Fsp3) is 0.273. The van der Waals surface area contributed by atoms with E-state index in [1.165, 1.54) is 6.92 Å². The molecular weight excluding hydrogens is 222 g/mol. The highest BCUT2D eigenvalue weighted by molar-refractivity contribution is 5.81. The van der Waals surface area contributed by atoms with Crippen LogP contribution in [0.5, 0.6) is 5.75 Å². The molecule has 0 heterocycles. The van der Waals surface area contributed by atoms with Crippen molar-refractivity contribution in [3.63, 3.8) is 0 Å². The summed E-state index contributed by atoms with van der Waals surface area (Å²) in [6, 6.07) is 5.13. The molecule has 0 aliphatic rings. The van der Waals surface area contributed by atoms with E-state index in [4.69, 9.17) is 10.5 Å². The molecule has 0 aromatic heterocycles. The number of ether oxygens (including phenoxy) is 1. The summed E-state index contributed by atoms with van der Waals surface area (Å²) in [5.74, 6) is -0.199. The second kappa shape index (κ2) is 5.74. The first kappa shape index (κ1) is 12.8. The van der Waals surface area contributed by atoms with Crippen molar-refractivity contribution in [3.8, 4) is 5.75 Å². The van der Waals surface area contributed by atoms with E-state index in [0.29, 0.717) is 11.4 Å². The topological polar surface area (TPSA) is 93.5 Å². The number of hydrogen-bond donors (Lipinski definition) is 3. The Hall–Kier alpha value is -2.24. The highest BCUT2D eigenvalue weighted by Crippen LogP contribution is 2.19. The van der Waals surface area contributed by atoms with Crippen LogP contribution in [0.15, 0.2) is 18.2 Å². The number of hydrazine groups is 1. The Morgan fingerprint density at radius 2 is 2.06 bits per heavy atom. The molecule has 0 aliphatic carbocycles. The minimum absolute atomic E-state index is 0.176. The van der Waals surface area contributed by atoms with Crippen LogP contribution in [0.1, 0.15) is 12.5 Å². The summed E-state index contributed by atoms with van der Waals surface area (Å²) in [6.07, 6.45) is 0. The standard InChI is InChI=1S/C11H15N3O3/c1-7-5-9(12)3-4-10(7)17-6-11(16)14-13-8(2)15/h3-5H,6,12H2,1-2H3,(H,13,15)(H,14,16). The number of nitrogen functional groups attached to an aromatic ring is 1. The molecule has 0 saturated heterocycles. The Bertz CT molecular complexity index is 432. The molecule has 0 unspecified atom stereocenters. The first-order valence-electron chi connectivity index (χ1n) is 5.03. The Kier molecular flexibility index (Phi) is 4.33. The van der Waals surface area contributed by atoms with Crippen LogP contribution in [0.2, 0.25) is 0 Å². The highest BCUT2D eigenvalue weighted by Gasteiger charge is 2.05. The number of nitrogens with one attached hydrogen (secondary N) is 2. The third-order valence-corrected chi connectivity index (χ3v) is 1.94. The third-order valence-electron chi connectivity index (χ3n) is 1.94. The molecule has 0 radical (unpaired) electrons. The number of anilines is 1. The lowest BCUT2D eigenvalue weighted by atomic mass is 10.2. The van der Waals surface area contributed by atoms with Gasteiger partial charge in [-0.3, -0.25) is 20.4 Å². The number of carbonyl (C=O) groups is 2. The van der Waals surface area contributed by atoms with Gasteiger partial charge in [-0.15, -0.1) is 0 Å². The van der Waals surface area contributed by atoms with E-state index in [0.717, 1.165) is 5.56 Å². The largest absolute Gasteiger partial charge is 0.483 e. The van der Waals surface area contributed by atoms with Crippen molar-refractivity contribution in [1.82, 2.24) is 10.9 Å². The summed E-state index contributed by atoms with van der Waals surface area (Å²) >= 11 is 0. The zero-order valence-corrected chi connectivity index (χ0v) is 9.74. The van der Waals surface area contributed by atoms with E-state index in [-0.39, 0.29) is 12.5 Å². The first-order valence-corrected chi connectivity index (χ1v) is 5.03. The molecule has 0 fully saturated rings. The van der Waals surface area contributed by atoms with Gasteiger partial charge in [-0.1, -0.05) is 0 Å². The molecule has 6 nitrogen and oxygen atoms in total. The zero-order valence-electron chi connectivity index (χ0n) is 9.74. The summed E-state index contributed by atoms with van der Waals surface area (Å²) in [4.78, 5) is 21.8. The van der Waals surface area contributed by atoms with Crippen LogP contribution in [-0.4, -0.2) is 18.4 Å². The summed E-state index contributed by atoms with van der Waals surface area (Å²) < 4.78 is 5.27. The lowest BCUT2D eigenvalue weighted by Gasteiger charge is -2.09. The van der Waals surface area contributed by atoms with Gasteiger partial charge in [0, 0.05) is 12.6 Å². The van der Waals surface area contributed by atoms with Crippen LogP contribution in [0, 0.1) is 6.92 Å². The quantitative estimate of drug-likeness (QED) is 0.514. The zero-order chi connectivity index (χ0) is 12.8. The Morgan fingerprint density at radius 3 is 2.65 bits per heavy atom. The van der Waals surface area contributed by atoms with E-state index >= 15 is 0 Å². The van der Waals surface area contributed by atoms with Gasteiger partial charge in [-0.05, 0) is 30.7 Å². The van der Waals surface area contributed by atoms with Crippen LogP contribution >= 0.6 is 0 Å². The normalized spacial score (nSPS) is 9.53. The number of rotatable bonds is 3. The number of nitrogens with two attached hydrogens (primary N) is 1. The van der Waals surface area contributed by atoms with Gasteiger partial charge in [0.1, 0.15) is 5.75 Å². The summed E-state index contributed by atoms with van der Waals surface area (Å²) in [6.45, 7) is 2.95. The van der Waals surface area contributed by atoms with Gasteiger partial charge in [0.05, 0.1) is 0 Å². The molecule has 92 valence electrons. The Labute approximate surface area is 99.1 Å². The van der Waals surface area contributed by atoms with Crippen molar-refractivity contribution in [2.45, 2.75) is 13.8 Å². The molecule has 1 aromatic carbocycles. The fourth-order valence-corrected chi connectivity index (χ4v) is 1.17. The molecule has 2 amide bonds. The predicted molar refractivity (Wildman–Crippen MR) is 63.0 cm³/mol. The molecule has 6 heteroatoms. The fourth-order valence-electron chi connectivity index (χ4n) is 1.17. The lowest BCUT2D eigenvalue weighted by Crippen LogP contribution is -2.42. The first-order chi connectivity index (χ1) is 7.99. The van der Waals surface area contributed by atoms with Gasteiger partial charge in [-0.25, -0.2) is 0 Å². The number of aryl methyl sites for hydroxylation is 1. The molecular formula is C11H15N3O3. The average Bonchev–Trinajstić information content (AvgIpc) is 2.25. The second-order valence-corrected chi connectivity index (χ2v) is 3.54. The van der Waals surface area contributed by atoms with Crippen molar-refractivity contribution in [2.24, 2.45) is 0 Å². The van der Waals surface area contributed by atoms with Crippen molar-refractivity contribution in [1.29, 1.82) is 0 Å². The summed E-state index contributed by atoms with van der Waals surface area (Å²) in [5, 5.41) is 0. The number of carbonyl (C=O) groups excluding carboxylic acids is 2.